The van der Waals surface area contributed by atoms with Gasteiger partial charge < -0.3 is 4.98 Å². The minimum Gasteiger partial charge on any atom is -0.341 e. The third-order valence-electron chi connectivity index (χ3n) is 4.50. The molecule has 1 aliphatic rings. The van der Waals surface area contributed by atoms with Gasteiger partial charge in [-0.05, 0) is 18.4 Å². The maximum absolute atomic E-state index is 5.03. The fourth-order valence-corrected chi connectivity index (χ4v) is 3.24. The van der Waals surface area contributed by atoms with Gasteiger partial charge in [-0.25, -0.2) is 4.98 Å². The maximum Gasteiger partial charge on any atom is 0.112 e. The van der Waals surface area contributed by atoms with Gasteiger partial charge in [0.15, 0.2) is 0 Å². The van der Waals surface area contributed by atoms with Gasteiger partial charge in [0.1, 0.15) is 5.82 Å². The molecule has 1 saturated carbocycles. The SMILES string of the molecule is CC(C)(C)c1nc(C2CCCCC2)c(-c2ccccc2)[nH]1. The van der Waals surface area contributed by atoms with Crippen LogP contribution in [0.15, 0.2) is 30.3 Å². The molecule has 0 radical (unpaired) electrons. The van der Waals surface area contributed by atoms with Crippen molar-refractivity contribution in [2.45, 2.75) is 64.2 Å². The zero-order valence-corrected chi connectivity index (χ0v) is 13.4. The molecule has 1 aromatic heterocycles. The summed E-state index contributed by atoms with van der Waals surface area (Å²) in [4.78, 5) is 8.65. The zero-order chi connectivity index (χ0) is 14.9. The van der Waals surface area contributed by atoms with Crippen molar-refractivity contribution in [2.75, 3.05) is 0 Å². The first-order valence-corrected chi connectivity index (χ1v) is 8.21. The fraction of sp³-hybridized carbons (Fsp3) is 0.526. The Kier molecular flexibility index (Phi) is 3.88. The van der Waals surface area contributed by atoms with Crippen LogP contribution in [0.1, 0.15) is 70.3 Å². The van der Waals surface area contributed by atoms with Crippen LogP contribution in [-0.2, 0) is 5.41 Å². The standard InChI is InChI=1S/C19H26N2/c1-19(2,3)18-20-16(14-10-6-4-7-11-14)17(21-18)15-12-8-5-9-13-15/h4,6-7,10-11,15H,5,8-9,12-13H2,1-3H3,(H,20,21). The van der Waals surface area contributed by atoms with Gasteiger partial charge in [-0.2, -0.15) is 0 Å². The van der Waals surface area contributed by atoms with Crippen molar-refractivity contribution in [3.05, 3.63) is 41.9 Å². The van der Waals surface area contributed by atoms with E-state index in [9.17, 15) is 0 Å². The van der Waals surface area contributed by atoms with Crippen LogP contribution in [0, 0.1) is 0 Å². The van der Waals surface area contributed by atoms with E-state index in [4.69, 9.17) is 4.98 Å². The molecule has 3 rings (SSSR count). The summed E-state index contributed by atoms with van der Waals surface area (Å²) in [5.74, 6) is 1.74. The smallest absolute Gasteiger partial charge is 0.112 e. The van der Waals surface area contributed by atoms with E-state index >= 15 is 0 Å². The molecule has 0 atom stereocenters. The van der Waals surface area contributed by atoms with Gasteiger partial charge >= 0.3 is 0 Å². The molecule has 1 aromatic carbocycles. The van der Waals surface area contributed by atoms with Crippen LogP contribution in [0.4, 0.5) is 0 Å². The summed E-state index contributed by atoms with van der Waals surface area (Å²) < 4.78 is 0. The maximum atomic E-state index is 5.03. The zero-order valence-electron chi connectivity index (χ0n) is 13.4. The molecule has 0 amide bonds. The number of imidazole rings is 1. The summed E-state index contributed by atoms with van der Waals surface area (Å²) in [5, 5.41) is 0. The number of H-pyrrole nitrogens is 1. The molecular formula is C19H26N2. The number of aromatic amines is 1. The number of hydrogen-bond donors (Lipinski definition) is 1. The van der Waals surface area contributed by atoms with Gasteiger partial charge in [0.2, 0.25) is 0 Å². The van der Waals surface area contributed by atoms with E-state index < -0.39 is 0 Å². The Hall–Kier alpha value is -1.57. The summed E-state index contributed by atoms with van der Waals surface area (Å²) in [7, 11) is 0. The van der Waals surface area contributed by atoms with E-state index in [-0.39, 0.29) is 5.41 Å². The van der Waals surface area contributed by atoms with Gasteiger partial charge in [0.05, 0.1) is 11.4 Å². The third-order valence-corrected chi connectivity index (χ3v) is 4.50. The van der Waals surface area contributed by atoms with Crippen LogP contribution >= 0.6 is 0 Å². The van der Waals surface area contributed by atoms with Crippen molar-refractivity contribution in [1.29, 1.82) is 0 Å². The minimum atomic E-state index is 0.0659. The molecule has 2 nitrogen and oxygen atoms in total. The first kappa shape index (κ1) is 14.4. The predicted octanol–water partition coefficient (Wildman–Crippen LogP) is 5.42. The van der Waals surface area contributed by atoms with Gasteiger partial charge in [-0.3, -0.25) is 0 Å². The minimum absolute atomic E-state index is 0.0659. The van der Waals surface area contributed by atoms with Crippen molar-refractivity contribution in [3.63, 3.8) is 0 Å². The molecule has 1 N–H and O–H groups in total. The normalized spacial score (nSPS) is 17.1. The highest BCUT2D eigenvalue weighted by Gasteiger charge is 2.26. The summed E-state index contributed by atoms with van der Waals surface area (Å²) in [6, 6.07) is 10.7. The van der Waals surface area contributed by atoms with Crippen molar-refractivity contribution in [1.82, 2.24) is 9.97 Å². The largest absolute Gasteiger partial charge is 0.341 e. The first-order chi connectivity index (χ1) is 10.1. The van der Waals surface area contributed by atoms with Crippen LogP contribution in [0.25, 0.3) is 11.3 Å². The van der Waals surface area contributed by atoms with Gasteiger partial charge in [-0.15, -0.1) is 0 Å². The lowest BCUT2D eigenvalue weighted by molar-refractivity contribution is 0.436. The number of rotatable bonds is 2. The average Bonchev–Trinajstić information content (AvgIpc) is 2.94. The quantitative estimate of drug-likeness (QED) is 0.782. The molecule has 112 valence electrons. The lowest BCUT2D eigenvalue weighted by atomic mass is 9.85. The van der Waals surface area contributed by atoms with E-state index in [2.05, 4.69) is 56.1 Å². The molecule has 2 heteroatoms. The summed E-state index contributed by atoms with van der Waals surface area (Å²) in [6.45, 7) is 6.68. The molecule has 0 bridgehead atoms. The molecule has 1 heterocycles. The van der Waals surface area contributed by atoms with Gasteiger partial charge in [0, 0.05) is 11.3 Å². The van der Waals surface area contributed by atoms with Crippen molar-refractivity contribution >= 4 is 0 Å². The van der Waals surface area contributed by atoms with E-state index in [0.29, 0.717) is 5.92 Å². The first-order valence-electron chi connectivity index (χ1n) is 8.21. The van der Waals surface area contributed by atoms with Crippen LogP contribution in [0.2, 0.25) is 0 Å². The van der Waals surface area contributed by atoms with E-state index in [1.807, 2.05) is 0 Å². The van der Waals surface area contributed by atoms with Crippen molar-refractivity contribution in [3.8, 4) is 11.3 Å². The molecule has 0 saturated heterocycles. The second-order valence-electron chi connectivity index (χ2n) is 7.30. The fourth-order valence-electron chi connectivity index (χ4n) is 3.24. The number of hydrogen-bond acceptors (Lipinski definition) is 1. The molecule has 1 fully saturated rings. The van der Waals surface area contributed by atoms with Crippen LogP contribution in [0.3, 0.4) is 0 Å². The van der Waals surface area contributed by atoms with Crippen molar-refractivity contribution < 1.29 is 0 Å². The molecule has 21 heavy (non-hydrogen) atoms. The van der Waals surface area contributed by atoms with Crippen LogP contribution in [0.5, 0.6) is 0 Å². The third kappa shape index (κ3) is 3.04. The van der Waals surface area contributed by atoms with Gasteiger partial charge in [0.25, 0.3) is 0 Å². The summed E-state index contributed by atoms with van der Waals surface area (Å²) >= 11 is 0. The van der Waals surface area contributed by atoms with Crippen molar-refractivity contribution in [2.24, 2.45) is 0 Å². The average molecular weight is 282 g/mol. The molecular weight excluding hydrogens is 256 g/mol. The van der Waals surface area contributed by atoms with Crippen LogP contribution < -0.4 is 0 Å². The Bertz CT molecular complexity index is 584. The Morgan fingerprint density at radius 3 is 2.29 bits per heavy atom. The number of aromatic nitrogens is 2. The molecule has 0 unspecified atom stereocenters. The molecule has 1 aliphatic carbocycles. The highest BCUT2D eigenvalue weighted by molar-refractivity contribution is 5.63. The highest BCUT2D eigenvalue weighted by atomic mass is 15.0. The molecule has 0 spiro atoms. The van der Waals surface area contributed by atoms with E-state index in [1.54, 1.807) is 0 Å². The Labute approximate surface area is 128 Å². The number of nitrogens with zero attached hydrogens (tertiary/aromatic N) is 1. The Balaban J connectivity index is 2.06. The summed E-state index contributed by atoms with van der Waals surface area (Å²) in [5.41, 5.74) is 3.87. The lowest BCUT2D eigenvalue weighted by Gasteiger charge is -2.21. The van der Waals surface area contributed by atoms with Crippen LogP contribution in [-0.4, -0.2) is 9.97 Å². The predicted molar refractivity (Wildman–Crippen MR) is 88.5 cm³/mol. The second-order valence-corrected chi connectivity index (χ2v) is 7.30. The number of benzene rings is 1. The lowest BCUT2D eigenvalue weighted by Crippen LogP contribution is -2.13. The molecule has 0 aliphatic heterocycles. The van der Waals surface area contributed by atoms with Gasteiger partial charge in [-0.1, -0.05) is 70.4 Å². The topological polar surface area (TPSA) is 28.7 Å². The number of nitrogens with one attached hydrogen (secondary N) is 1. The summed E-state index contributed by atoms with van der Waals surface area (Å²) in [6.07, 6.45) is 6.64. The van der Waals surface area contributed by atoms with E-state index in [0.717, 1.165) is 5.82 Å². The van der Waals surface area contributed by atoms with E-state index in [1.165, 1.54) is 49.1 Å². The Morgan fingerprint density at radius 1 is 1.00 bits per heavy atom. The Morgan fingerprint density at radius 2 is 1.67 bits per heavy atom. The second kappa shape index (κ2) is 5.67. The monoisotopic (exact) mass is 282 g/mol. The highest BCUT2D eigenvalue weighted by Crippen LogP contribution is 2.38. The molecule has 2 aromatic rings.